The number of hydrogen-bond acceptors (Lipinski definition) is 5. The first kappa shape index (κ1) is 18.1. The monoisotopic (exact) mass is 325 g/mol. The Labute approximate surface area is 130 Å². The Hall–Kier alpha value is -1.99. The van der Waals surface area contributed by atoms with E-state index in [1.54, 1.807) is 6.92 Å². The average Bonchev–Trinajstić information content (AvgIpc) is 2.47. The molecule has 0 bridgehead atoms. The molecule has 1 rings (SSSR count). The number of nitrogens with one attached hydrogen (secondary N) is 1. The first-order chi connectivity index (χ1) is 10.3. The Morgan fingerprint density at radius 3 is 2.36 bits per heavy atom. The first-order valence-corrected chi connectivity index (χ1v) is 8.21. The van der Waals surface area contributed by atoms with Crippen LogP contribution >= 0.6 is 0 Å². The highest BCUT2D eigenvalue weighted by Gasteiger charge is 2.25. The SMILES string of the molecule is C=CCC(NS(=O)(=O)c1ccc(C(C)=O)cc1)C(=O)OCC. The highest BCUT2D eigenvalue weighted by molar-refractivity contribution is 7.89. The molecule has 0 heterocycles. The van der Waals surface area contributed by atoms with Gasteiger partial charge in [0.05, 0.1) is 11.5 Å². The summed E-state index contributed by atoms with van der Waals surface area (Å²) in [5.74, 6) is -0.820. The molecule has 1 atom stereocenters. The molecule has 0 aromatic heterocycles. The van der Waals surface area contributed by atoms with Crippen LogP contribution in [0.5, 0.6) is 0 Å². The molecule has 0 saturated heterocycles. The Morgan fingerprint density at radius 1 is 1.32 bits per heavy atom. The molecule has 120 valence electrons. The zero-order valence-electron chi connectivity index (χ0n) is 12.5. The van der Waals surface area contributed by atoms with Crippen LogP contribution in [0.15, 0.2) is 41.8 Å². The Morgan fingerprint density at radius 2 is 1.91 bits per heavy atom. The second-order valence-corrected chi connectivity index (χ2v) is 6.24. The maximum Gasteiger partial charge on any atom is 0.324 e. The molecular weight excluding hydrogens is 306 g/mol. The lowest BCUT2D eigenvalue weighted by Gasteiger charge is -2.16. The van der Waals surface area contributed by atoms with Gasteiger partial charge in [0.2, 0.25) is 10.0 Å². The minimum Gasteiger partial charge on any atom is -0.465 e. The van der Waals surface area contributed by atoms with Gasteiger partial charge < -0.3 is 4.74 Å². The minimum absolute atomic E-state index is 0.0316. The number of benzene rings is 1. The topological polar surface area (TPSA) is 89.5 Å². The number of carbonyl (C=O) groups excluding carboxylic acids is 2. The van der Waals surface area contributed by atoms with Crippen molar-refractivity contribution in [3.63, 3.8) is 0 Å². The van der Waals surface area contributed by atoms with E-state index >= 15 is 0 Å². The molecule has 0 aliphatic rings. The van der Waals surface area contributed by atoms with Crippen molar-refractivity contribution in [1.82, 2.24) is 4.72 Å². The largest absolute Gasteiger partial charge is 0.465 e. The van der Waals surface area contributed by atoms with Crippen LogP contribution in [0.4, 0.5) is 0 Å². The predicted octanol–water partition coefficient (Wildman–Crippen LogP) is 1.68. The predicted molar refractivity (Wildman–Crippen MR) is 82.0 cm³/mol. The van der Waals surface area contributed by atoms with Crippen LogP contribution in [-0.2, 0) is 19.6 Å². The van der Waals surface area contributed by atoms with Gasteiger partial charge in [-0.1, -0.05) is 18.2 Å². The van der Waals surface area contributed by atoms with E-state index in [2.05, 4.69) is 11.3 Å². The lowest BCUT2D eigenvalue weighted by atomic mass is 10.2. The first-order valence-electron chi connectivity index (χ1n) is 6.72. The average molecular weight is 325 g/mol. The normalized spacial score (nSPS) is 12.5. The van der Waals surface area contributed by atoms with Crippen LogP contribution in [0, 0.1) is 0 Å². The maximum atomic E-state index is 12.3. The highest BCUT2D eigenvalue weighted by Crippen LogP contribution is 2.13. The van der Waals surface area contributed by atoms with Gasteiger partial charge in [0.1, 0.15) is 6.04 Å². The second kappa shape index (κ2) is 7.86. The van der Waals surface area contributed by atoms with Crippen molar-refractivity contribution in [2.45, 2.75) is 31.2 Å². The van der Waals surface area contributed by atoms with Gasteiger partial charge in [0.15, 0.2) is 5.78 Å². The van der Waals surface area contributed by atoms with Crippen molar-refractivity contribution in [2.75, 3.05) is 6.61 Å². The summed E-state index contributed by atoms with van der Waals surface area (Å²) in [6.45, 7) is 6.68. The lowest BCUT2D eigenvalue weighted by Crippen LogP contribution is -2.41. The number of hydrogen-bond donors (Lipinski definition) is 1. The van der Waals surface area contributed by atoms with E-state index in [0.717, 1.165) is 0 Å². The lowest BCUT2D eigenvalue weighted by molar-refractivity contribution is -0.145. The van der Waals surface area contributed by atoms with Crippen molar-refractivity contribution in [3.05, 3.63) is 42.5 Å². The third-order valence-corrected chi connectivity index (χ3v) is 4.33. The zero-order valence-corrected chi connectivity index (χ0v) is 13.4. The summed E-state index contributed by atoms with van der Waals surface area (Å²) in [6.07, 6.45) is 1.55. The van der Waals surface area contributed by atoms with Crippen LogP contribution in [0.3, 0.4) is 0 Å². The van der Waals surface area contributed by atoms with Gasteiger partial charge in [0.25, 0.3) is 0 Å². The van der Waals surface area contributed by atoms with Gasteiger partial charge >= 0.3 is 5.97 Å². The van der Waals surface area contributed by atoms with Crippen LogP contribution in [0.2, 0.25) is 0 Å². The minimum atomic E-state index is -3.90. The van der Waals surface area contributed by atoms with Crippen LogP contribution in [0.1, 0.15) is 30.6 Å². The molecule has 7 heteroatoms. The molecule has 1 aromatic rings. The summed E-state index contributed by atoms with van der Waals surface area (Å²) in [4.78, 5) is 22.9. The van der Waals surface area contributed by atoms with Crippen molar-refractivity contribution in [3.8, 4) is 0 Å². The van der Waals surface area contributed by atoms with Gasteiger partial charge in [-0.05, 0) is 32.4 Å². The van der Waals surface area contributed by atoms with E-state index < -0.39 is 22.0 Å². The molecule has 1 aromatic carbocycles. The van der Waals surface area contributed by atoms with E-state index in [9.17, 15) is 18.0 Å². The zero-order chi connectivity index (χ0) is 16.8. The van der Waals surface area contributed by atoms with E-state index in [1.165, 1.54) is 37.3 Å². The quantitative estimate of drug-likeness (QED) is 0.446. The van der Waals surface area contributed by atoms with E-state index in [1.807, 2.05) is 0 Å². The van der Waals surface area contributed by atoms with Gasteiger partial charge in [0, 0.05) is 5.56 Å². The molecule has 0 saturated carbocycles. The Kier molecular flexibility index (Phi) is 6.45. The third-order valence-electron chi connectivity index (χ3n) is 2.84. The molecule has 0 aliphatic carbocycles. The molecule has 0 radical (unpaired) electrons. The smallest absolute Gasteiger partial charge is 0.324 e. The van der Waals surface area contributed by atoms with Crippen molar-refractivity contribution in [2.24, 2.45) is 0 Å². The number of ether oxygens (including phenoxy) is 1. The number of sulfonamides is 1. The molecular formula is C15H19NO5S. The van der Waals surface area contributed by atoms with Crippen molar-refractivity contribution >= 4 is 21.8 Å². The molecule has 1 unspecified atom stereocenters. The standard InChI is InChI=1S/C15H19NO5S/c1-4-6-14(15(18)21-5-2)16-22(19,20)13-9-7-12(8-10-13)11(3)17/h4,7-10,14,16H,1,5-6H2,2-3H3. The molecule has 0 spiro atoms. The van der Waals surface area contributed by atoms with E-state index in [-0.39, 0.29) is 23.7 Å². The van der Waals surface area contributed by atoms with Gasteiger partial charge in [-0.2, -0.15) is 4.72 Å². The summed E-state index contributed by atoms with van der Waals surface area (Å²) in [5.41, 5.74) is 0.409. The molecule has 1 N–H and O–H groups in total. The van der Waals surface area contributed by atoms with Gasteiger partial charge in [-0.15, -0.1) is 6.58 Å². The molecule has 0 aliphatic heterocycles. The number of ketones is 1. The molecule has 0 fully saturated rings. The molecule has 6 nitrogen and oxygen atoms in total. The summed E-state index contributed by atoms with van der Waals surface area (Å²) >= 11 is 0. The molecule has 0 amide bonds. The fourth-order valence-electron chi connectivity index (χ4n) is 1.73. The Bertz CT molecular complexity index is 649. The van der Waals surface area contributed by atoms with E-state index in [4.69, 9.17) is 4.74 Å². The third kappa shape index (κ3) is 4.78. The summed E-state index contributed by atoms with van der Waals surface area (Å²) in [7, 11) is -3.90. The highest BCUT2D eigenvalue weighted by atomic mass is 32.2. The number of esters is 1. The Balaban J connectivity index is 2.98. The van der Waals surface area contributed by atoms with Crippen molar-refractivity contribution in [1.29, 1.82) is 0 Å². The fraction of sp³-hybridized carbons (Fsp3) is 0.333. The van der Waals surface area contributed by atoms with Gasteiger partial charge in [-0.3, -0.25) is 9.59 Å². The van der Waals surface area contributed by atoms with E-state index in [0.29, 0.717) is 5.56 Å². The summed E-state index contributed by atoms with van der Waals surface area (Å²) in [6, 6.07) is 4.44. The summed E-state index contributed by atoms with van der Waals surface area (Å²) < 4.78 is 31.7. The second-order valence-electron chi connectivity index (χ2n) is 4.53. The van der Waals surface area contributed by atoms with Crippen LogP contribution < -0.4 is 4.72 Å². The number of rotatable bonds is 8. The summed E-state index contributed by atoms with van der Waals surface area (Å²) in [5, 5.41) is 0. The van der Waals surface area contributed by atoms with Crippen LogP contribution in [0.25, 0.3) is 0 Å². The fourth-order valence-corrected chi connectivity index (χ4v) is 2.92. The van der Waals surface area contributed by atoms with Crippen molar-refractivity contribution < 1.29 is 22.7 Å². The number of carbonyl (C=O) groups is 2. The maximum absolute atomic E-state index is 12.3. The van der Waals surface area contributed by atoms with Gasteiger partial charge in [-0.25, -0.2) is 8.42 Å². The number of Topliss-reactive ketones (excluding diaryl/α,β-unsaturated/α-hetero) is 1. The van der Waals surface area contributed by atoms with Crippen LogP contribution in [-0.4, -0.2) is 32.8 Å². The molecule has 22 heavy (non-hydrogen) atoms.